The zero-order chi connectivity index (χ0) is 13.1. The molecule has 0 radical (unpaired) electrons. The predicted octanol–water partition coefficient (Wildman–Crippen LogP) is 1.72. The first-order chi connectivity index (χ1) is 8.65. The number of aryl methyl sites for hydroxylation is 2. The molecule has 0 aliphatic carbocycles. The molecule has 5 nitrogen and oxygen atoms in total. The first kappa shape index (κ1) is 12.8. The molecule has 0 N–H and O–H groups in total. The van der Waals surface area contributed by atoms with Gasteiger partial charge < -0.3 is 4.57 Å². The van der Waals surface area contributed by atoms with Crippen molar-refractivity contribution in [1.82, 2.24) is 19.1 Å². The second-order valence-corrected chi connectivity index (χ2v) is 4.29. The van der Waals surface area contributed by atoms with E-state index in [0.717, 1.165) is 12.4 Å². The van der Waals surface area contributed by atoms with Crippen LogP contribution < -0.4 is 5.56 Å². The molecule has 2 rings (SSSR count). The first-order valence-electron chi connectivity index (χ1n) is 5.92. The van der Waals surface area contributed by atoms with Crippen molar-refractivity contribution >= 4 is 11.6 Å². The van der Waals surface area contributed by atoms with Gasteiger partial charge in [0, 0.05) is 31.4 Å². The van der Waals surface area contributed by atoms with Gasteiger partial charge in [0.15, 0.2) is 0 Å². The Morgan fingerprint density at radius 2 is 2.11 bits per heavy atom. The average Bonchev–Trinajstić information content (AvgIpc) is 2.79. The summed E-state index contributed by atoms with van der Waals surface area (Å²) >= 11 is 5.80. The van der Waals surface area contributed by atoms with Gasteiger partial charge in [0.2, 0.25) is 0 Å². The molecule has 0 atom stereocenters. The monoisotopic (exact) mass is 266 g/mol. The molecular weight excluding hydrogens is 252 g/mol. The van der Waals surface area contributed by atoms with E-state index in [0.29, 0.717) is 18.8 Å². The van der Waals surface area contributed by atoms with Gasteiger partial charge in [0.05, 0.1) is 6.54 Å². The van der Waals surface area contributed by atoms with Gasteiger partial charge in [0.25, 0.3) is 5.56 Å². The highest BCUT2D eigenvalue weighted by atomic mass is 35.5. The summed E-state index contributed by atoms with van der Waals surface area (Å²) in [5, 5.41) is 0.243. The molecular formula is C12H15ClN4O. The Labute approximate surface area is 110 Å². The molecule has 0 saturated carbocycles. The van der Waals surface area contributed by atoms with Gasteiger partial charge in [-0.3, -0.25) is 9.36 Å². The van der Waals surface area contributed by atoms with E-state index >= 15 is 0 Å². The minimum atomic E-state index is -0.141. The smallest absolute Gasteiger partial charge is 0.255 e. The third-order valence-corrected chi connectivity index (χ3v) is 3.01. The van der Waals surface area contributed by atoms with Gasteiger partial charge in [-0.25, -0.2) is 9.97 Å². The SMILES string of the molecule is CCc1nc(Cl)cc(=O)n1Cc1nccn1CC. The van der Waals surface area contributed by atoms with Crippen LogP contribution in [0, 0.1) is 0 Å². The Balaban J connectivity index is 2.43. The van der Waals surface area contributed by atoms with Crippen molar-refractivity contribution in [3.63, 3.8) is 0 Å². The zero-order valence-corrected chi connectivity index (χ0v) is 11.2. The van der Waals surface area contributed by atoms with Crippen LogP contribution >= 0.6 is 11.6 Å². The number of rotatable bonds is 4. The third kappa shape index (κ3) is 2.46. The first-order valence-corrected chi connectivity index (χ1v) is 6.29. The highest BCUT2D eigenvalue weighted by Crippen LogP contribution is 2.06. The number of imidazole rings is 1. The average molecular weight is 267 g/mol. The molecule has 0 aliphatic rings. The minimum Gasteiger partial charge on any atom is -0.334 e. The van der Waals surface area contributed by atoms with Crippen LogP contribution in [0.1, 0.15) is 25.5 Å². The summed E-state index contributed by atoms with van der Waals surface area (Å²) in [6, 6.07) is 1.33. The van der Waals surface area contributed by atoms with Crippen LogP contribution in [0.4, 0.5) is 0 Å². The molecule has 0 bridgehead atoms. The molecule has 0 unspecified atom stereocenters. The van der Waals surface area contributed by atoms with Crippen molar-refractivity contribution in [2.24, 2.45) is 0 Å². The van der Waals surface area contributed by atoms with E-state index in [1.54, 1.807) is 10.8 Å². The van der Waals surface area contributed by atoms with Crippen LogP contribution in [0.25, 0.3) is 0 Å². The van der Waals surface area contributed by atoms with Gasteiger partial charge in [-0.2, -0.15) is 0 Å². The second-order valence-electron chi connectivity index (χ2n) is 3.90. The van der Waals surface area contributed by atoms with Crippen LogP contribution in [0.5, 0.6) is 0 Å². The van der Waals surface area contributed by atoms with E-state index in [1.165, 1.54) is 6.07 Å². The van der Waals surface area contributed by atoms with E-state index in [1.807, 2.05) is 24.6 Å². The van der Waals surface area contributed by atoms with E-state index in [-0.39, 0.29) is 10.7 Å². The van der Waals surface area contributed by atoms with Crippen molar-refractivity contribution in [1.29, 1.82) is 0 Å². The molecule has 0 fully saturated rings. The number of aromatic nitrogens is 4. The van der Waals surface area contributed by atoms with E-state index in [2.05, 4.69) is 9.97 Å². The largest absolute Gasteiger partial charge is 0.334 e. The lowest BCUT2D eigenvalue weighted by atomic mass is 10.4. The maximum atomic E-state index is 11.9. The van der Waals surface area contributed by atoms with Crippen molar-refractivity contribution in [2.45, 2.75) is 33.4 Å². The summed E-state index contributed by atoms with van der Waals surface area (Å²) in [5.74, 6) is 1.52. The fraction of sp³-hybridized carbons (Fsp3) is 0.417. The van der Waals surface area contributed by atoms with Gasteiger partial charge in [-0.1, -0.05) is 18.5 Å². The predicted molar refractivity (Wildman–Crippen MR) is 69.9 cm³/mol. The Kier molecular flexibility index (Phi) is 3.81. The van der Waals surface area contributed by atoms with Crippen LogP contribution in [0.2, 0.25) is 5.15 Å². The molecule has 96 valence electrons. The van der Waals surface area contributed by atoms with Gasteiger partial charge >= 0.3 is 0 Å². The number of hydrogen-bond acceptors (Lipinski definition) is 3. The topological polar surface area (TPSA) is 52.7 Å². The van der Waals surface area contributed by atoms with Crippen molar-refractivity contribution in [3.05, 3.63) is 45.6 Å². The fourth-order valence-electron chi connectivity index (χ4n) is 1.88. The molecule has 2 heterocycles. The fourth-order valence-corrected chi connectivity index (χ4v) is 2.07. The van der Waals surface area contributed by atoms with Crippen LogP contribution in [-0.4, -0.2) is 19.1 Å². The highest BCUT2D eigenvalue weighted by molar-refractivity contribution is 6.29. The van der Waals surface area contributed by atoms with Gasteiger partial charge in [-0.15, -0.1) is 0 Å². The van der Waals surface area contributed by atoms with Crippen molar-refractivity contribution in [2.75, 3.05) is 0 Å². The standard InChI is InChI=1S/C12H15ClN4O/c1-3-10-15-9(13)7-12(18)17(10)8-11-14-5-6-16(11)4-2/h5-7H,3-4,8H2,1-2H3. The summed E-state index contributed by atoms with van der Waals surface area (Å²) < 4.78 is 3.61. The molecule has 0 aromatic carbocycles. The summed E-state index contributed by atoms with van der Waals surface area (Å²) in [7, 11) is 0. The highest BCUT2D eigenvalue weighted by Gasteiger charge is 2.09. The Morgan fingerprint density at radius 1 is 1.33 bits per heavy atom. The number of hydrogen-bond donors (Lipinski definition) is 0. The Morgan fingerprint density at radius 3 is 2.78 bits per heavy atom. The normalized spacial score (nSPS) is 10.8. The van der Waals surface area contributed by atoms with Crippen LogP contribution in [-0.2, 0) is 19.5 Å². The zero-order valence-electron chi connectivity index (χ0n) is 10.4. The Bertz CT molecular complexity index is 602. The van der Waals surface area contributed by atoms with Gasteiger partial charge in [0.1, 0.15) is 16.8 Å². The van der Waals surface area contributed by atoms with E-state index in [4.69, 9.17) is 11.6 Å². The third-order valence-electron chi connectivity index (χ3n) is 2.81. The van der Waals surface area contributed by atoms with Crippen LogP contribution in [0.15, 0.2) is 23.3 Å². The lowest BCUT2D eigenvalue weighted by Gasteiger charge is -2.11. The quantitative estimate of drug-likeness (QED) is 0.792. The maximum absolute atomic E-state index is 11.9. The summed E-state index contributed by atoms with van der Waals surface area (Å²) in [4.78, 5) is 20.4. The molecule has 0 aliphatic heterocycles. The molecule has 18 heavy (non-hydrogen) atoms. The number of halogens is 1. The van der Waals surface area contributed by atoms with Crippen molar-refractivity contribution in [3.8, 4) is 0 Å². The molecule has 0 spiro atoms. The molecule has 6 heteroatoms. The molecule has 2 aromatic heterocycles. The summed E-state index contributed by atoms with van der Waals surface area (Å²) in [6.45, 7) is 5.23. The second kappa shape index (κ2) is 5.35. The summed E-state index contributed by atoms with van der Waals surface area (Å²) in [5.41, 5.74) is -0.141. The maximum Gasteiger partial charge on any atom is 0.255 e. The molecule has 2 aromatic rings. The lowest BCUT2D eigenvalue weighted by Crippen LogP contribution is -2.26. The van der Waals surface area contributed by atoms with Gasteiger partial charge in [-0.05, 0) is 6.92 Å². The van der Waals surface area contributed by atoms with E-state index < -0.39 is 0 Å². The van der Waals surface area contributed by atoms with E-state index in [9.17, 15) is 4.79 Å². The molecule has 0 saturated heterocycles. The van der Waals surface area contributed by atoms with Crippen molar-refractivity contribution < 1.29 is 0 Å². The van der Waals surface area contributed by atoms with Crippen LogP contribution in [0.3, 0.4) is 0 Å². The summed E-state index contributed by atoms with van der Waals surface area (Å²) in [6.07, 6.45) is 4.29. The number of nitrogens with zero attached hydrogens (tertiary/aromatic N) is 4. The Hall–Kier alpha value is -1.62. The minimum absolute atomic E-state index is 0.141. The lowest BCUT2D eigenvalue weighted by molar-refractivity contribution is 0.606. The molecule has 0 amide bonds.